The lowest BCUT2D eigenvalue weighted by Crippen LogP contribution is -2.17. The summed E-state index contributed by atoms with van der Waals surface area (Å²) in [6.07, 6.45) is 1.27. The van der Waals surface area contributed by atoms with Crippen molar-refractivity contribution in [2.75, 3.05) is 23.7 Å². The number of nitrogens with zero attached hydrogens (tertiary/aromatic N) is 2. The standard InChI is InChI=1S/C13H13F2N3O2S/c1-18(2)12-7-6-9(8-16-12)17-21(19,20)13-10(14)4-3-5-11(13)15/h3-8,17H,1-2H3. The molecule has 2 rings (SSSR count). The lowest BCUT2D eigenvalue weighted by Gasteiger charge is -2.12. The molecule has 8 heteroatoms. The Morgan fingerprint density at radius 1 is 1.10 bits per heavy atom. The maximum Gasteiger partial charge on any atom is 0.267 e. The number of rotatable bonds is 4. The van der Waals surface area contributed by atoms with Gasteiger partial charge in [0.1, 0.15) is 17.5 Å². The highest BCUT2D eigenvalue weighted by atomic mass is 32.2. The Kier molecular flexibility index (Phi) is 4.08. The van der Waals surface area contributed by atoms with Crippen molar-refractivity contribution >= 4 is 21.5 Å². The molecule has 0 fully saturated rings. The average molecular weight is 313 g/mol. The highest BCUT2D eigenvalue weighted by Crippen LogP contribution is 2.22. The molecule has 0 spiro atoms. The summed E-state index contributed by atoms with van der Waals surface area (Å²) in [5.74, 6) is -1.68. The van der Waals surface area contributed by atoms with Crippen molar-refractivity contribution in [2.45, 2.75) is 4.90 Å². The minimum atomic E-state index is -4.36. The Balaban J connectivity index is 2.33. The third-order valence-corrected chi connectivity index (χ3v) is 4.08. The molecular weight excluding hydrogens is 300 g/mol. The first kappa shape index (κ1) is 15.2. The first-order valence-electron chi connectivity index (χ1n) is 5.91. The first-order valence-corrected chi connectivity index (χ1v) is 7.40. The van der Waals surface area contributed by atoms with Crippen LogP contribution in [0.25, 0.3) is 0 Å². The van der Waals surface area contributed by atoms with Crippen molar-refractivity contribution in [2.24, 2.45) is 0 Å². The maximum absolute atomic E-state index is 13.5. The molecule has 0 saturated heterocycles. The predicted octanol–water partition coefficient (Wildman–Crippen LogP) is 2.23. The van der Waals surface area contributed by atoms with Gasteiger partial charge in [-0.05, 0) is 24.3 Å². The molecule has 0 unspecified atom stereocenters. The van der Waals surface area contributed by atoms with Gasteiger partial charge in [-0.3, -0.25) is 4.72 Å². The highest BCUT2D eigenvalue weighted by molar-refractivity contribution is 7.92. The smallest absolute Gasteiger partial charge is 0.267 e. The van der Waals surface area contributed by atoms with E-state index in [0.29, 0.717) is 5.82 Å². The normalized spacial score (nSPS) is 11.2. The fourth-order valence-corrected chi connectivity index (χ4v) is 2.84. The number of anilines is 2. The van der Waals surface area contributed by atoms with Gasteiger partial charge in [-0.15, -0.1) is 0 Å². The predicted molar refractivity (Wildman–Crippen MR) is 75.7 cm³/mol. The van der Waals surface area contributed by atoms with Gasteiger partial charge >= 0.3 is 0 Å². The van der Waals surface area contributed by atoms with Crippen LogP contribution in [-0.2, 0) is 10.0 Å². The van der Waals surface area contributed by atoms with Crippen LogP contribution in [0.3, 0.4) is 0 Å². The molecule has 1 heterocycles. The zero-order valence-electron chi connectivity index (χ0n) is 11.3. The molecule has 0 aliphatic heterocycles. The number of aromatic nitrogens is 1. The molecule has 0 radical (unpaired) electrons. The van der Waals surface area contributed by atoms with Crippen LogP contribution < -0.4 is 9.62 Å². The molecule has 1 aromatic heterocycles. The first-order chi connectivity index (χ1) is 9.81. The van der Waals surface area contributed by atoms with Gasteiger partial charge in [-0.25, -0.2) is 22.2 Å². The monoisotopic (exact) mass is 313 g/mol. The molecule has 0 saturated carbocycles. The summed E-state index contributed by atoms with van der Waals surface area (Å²) in [7, 11) is -0.804. The minimum absolute atomic E-state index is 0.114. The molecular formula is C13H13F2N3O2S. The summed E-state index contributed by atoms with van der Waals surface area (Å²) in [6, 6.07) is 5.89. The maximum atomic E-state index is 13.5. The van der Waals surface area contributed by atoms with E-state index in [0.717, 1.165) is 18.2 Å². The van der Waals surface area contributed by atoms with Gasteiger partial charge in [-0.2, -0.15) is 0 Å². The van der Waals surface area contributed by atoms with E-state index in [1.54, 1.807) is 25.1 Å². The molecule has 112 valence electrons. The Morgan fingerprint density at radius 2 is 1.71 bits per heavy atom. The topological polar surface area (TPSA) is 62.3 Å². The molecule has 0 aliphatic carbocycles. The Bertz CT molecular complexity index is 726. The summed E-state index contributed by atoms with van der Waals surface area (Å²) >= 11 is 0. The number of hydrogen-bond donors (Lipinski definition) is 1. The lowest BCUT2D eigenvalue weighted by molar-refractivity contribution is 0.521. The number of pyridine rings is 1. The van der Waals surface area contributed by atoms with Gasteiger partial charge < -0.3 is 4.90 Å². The van der Waals surface area contributed by atoms with Gasteiger partial charge in [0.25, 0.3) is 10.0 Å². The largest absolute Gasteiger partial charge is 0.363 e. The van der Waals surface area contributed by atoms with Gasteiger partial charge in [0.05, 0.1) is 11.9 Å². The third kappa shape index (κ3) is 3.27. The third-order valence-electron chi connectivity index (χ3n) is 2.65. The zero-order chi connectivity index (χ0) is 15.6. The van der Waals surface area contributed by atoms with Crippen molar-refractivity contribution in [1.82, 2.24) is 4.98 Å². The van der Waals surface area contributed by atoms with Crippen molar-refractivity contribution in [3.63, 3.8) is 0 Å². The fourth-order valence-electron chi connectivity index (χ4n) is 1.66. The van der Waals surface area contributed by atoms with E-state index in [9.17, 15) is 17.2 Å². The van der Waals surface area contributed by atoms with Gasteiger partial charge in [0, 0.05) is 14.1 Å². The summed E-state index contributed by atoms with van der Waals surface area (Å²) in [5.41, 5.74) is 0.114. The molecule has 21 heavy (non-hydrogen) atoms. The second-order valence-electron chi connectivity index (χ2n) is 4.46. The molecule has 1 N–H and O–H groups in total. The second kappa shape index (κ2) is 5.65. The molecule has 1 aromatic carbocycles. The summed E-state index contributed by atoms with van der Waals surface area (Å²) in [4.78, 5) is 4.73. The van der Waals surface area contributed by atoms with Gasteiger partial charge in [-0.1, -0.05) is 6.07 Å². The van der Waals surface area contributed by atoms with E-state index < -0.39 is 26.6 Å². The number of benzene rings is 1. The Hall–Kier alpha value is -2.22. The molecule has 2 aromatic rings. The van der Waals surface area contributed by atoms with E-state index in [1.165, 1.54) is 12.3 Å². The van der Waals surface area contributed by atoms with Crippen molar-refractivity contribution in [3.8, 4) is 0 Å². The van der Waals surface area contributed by atoms with Crippen molar-refractivity contribution in [1.29, 1.82) is 0 Å². The quantitative estimate of drug-likeness (QED) is 0.940. The highest BCUT2D eigenvalue weighted by Gasteiger charge is 2.23. The minimum Gasteiger partial charge on any atom is -0.363 e. The van der Waals surface area contributed by atoms with Gasteiger partial charge in [0.2, 0.25) is 0 Å². The Labute approximate surface area is 121 Å². The van der Waals surface area contributed by atoms with E-state index >= 15 is 0 Å². The SMILES string of the molecule is CN(C)c1ccc(NS(=O)(=O)c2c(F)cccc2F)cn1. The summed E-state index contributed by atoms with van der Waals surface area (Å²) in [6.45, 7) is 0. The van der Waals surface area contributed by atoms with E-state index in [-0.39, 0.29) is 5.69 Å². The van der Waals surface area contributed by atoms with E-state index in [2.05, 4.69) is 9.71 Å². The average Bonchev–Trinajstić information content (AvgIpc) is 2.38. The second-order valence-corrected chi connectivity index (χ2v) is 6.08. The molecule has 0 aliphatic rings. The molecule has 0 atom stereocenters. The molecule has 5 nitrogen and oxygen atoms in total. The summed E-state index contributed by atoms with van der Waals surface area (Å²) in [5, 5.41) is 0. The van der Waals surface area contributed by atoms with Crippen LogP contribution in [0.1, 0.15) is 0 Å². The lowest BCUT2D eigenvalue weighted by atomic mass is 10.3. The fraction of sp³-hybridized carbons (Fsp3) is 0.154. The van der Waals surface area contributed by atoms with Crippen LogP contribution >= 0.6 is 0 Å². The number of halogens is 2. The van der Waals surface area contributed by atoms with Crippen LogP contribution in [0.4, 0.5) is 20.3 Å². The zero-order valence-corrected chi connectivity index (χ0v) is 12.2. The van der Waals surface area contributed by atoms with Gasteiger partial charge in [0.15, 0.2) is 4.90 Å². The number of hydrogen-bond acceptors (Lipinski definition) is 4. The van der Waals surface area contributed by atoms with Crippen LogP contribution in [0.5, 0.6) is 0 Å². The molecule has 0 amide bonds. The molecule has 0 bridgehead atoms. The number of nitrogens with one attached hydrogen (secondary N) is 1. The Morgan fingerprint density at radius 3 is 2.19 bits per heavy atom. The van der Waals surface area contributed by atoms with Crippen molar-refractivity contribution in [3.05, 3.63) is 48.2 Å². The van der Waals surface area contributed by atoms with Crippen LogP contribution in [0, 0.1) is 11.6 Å². The van der Waals surface area contributed by atoms with Crippen LogP contribution in [0.15, 0.2) is 41.4 Å². The van der Waals surface area contributed by atoms with Crippen LogP contribution in [0.2, 0.25) is 0 Å². The van der Waals surface area contributed by atoms with Crippen LogP contribution in [-0.4, -0.2) is 27.5 Å². The summed E-state index contributed by atoms with van der Waals surface area (Å²) < 4.78 is 53.2. The number of sulfonamides is 1. The van der Waals surface area contributed by atoms with Crippen molar-refractivity contribution < 1.29 is 17.2 Å². The van der Waals surface area contributed by atoms with E-state index in [1.807, 2.05) is 0 Å². The van der Waals surface area contributed by atoms with E-state index in [4.69, 9.17) is 0 Å².